The summed E-state index contributed by atoms with van der Waals surface area (Å²) in [5.41, 5.74) is 1.09. The van der Waals surface area contributed by atoms with Crippen LogP contribution < -0.4 is 9.62 Å². The van der Waals surface area contributed by atoms with Crippen molar-refractivity contribution in [1.82, 2.24) is 4.72 Å². The molecule has 1 aliphatic heterocycles. The summed E-state index contributed by atoms with van der Waals surface area (Å²) in [6, 6.07) is 13.4. The first kappa shape index (κ1) is 17.2. The van der Waals surface area contributed by atoms with Crippen molar-refractivity contribution in [3.63, 3.8) is 0 Å². The van der Waals surface area contributed by atoms with E-state index in [-0.39, 0.29) is 16.0 Å². The third kappa shape index (κ3) is 3.71. The van der Waals surface area contributed by atoms with Crippen molar-refractivity contribution in [1.29, 1.82) is 0 Å². The lowest BCUT2D eigenvalue weighted by Crippen LogP contribution is -2.40. The van der Waals surface area contributed by atoms with Gasteiger partial charge in [-0.05, 0) is 43.2 Å². The van der Waals surface area contributed by atoms with E-state index in [1.54, 1.807) is 0 Å². The van der Waals surface area contributed by atoms with Crippen LogP contribution in [0.1, 0.15) is 12.8 Å². The van der Waals surface area contributed by atoms with Gasteiger partial charge in [-0.3, -0.25) is 0 Å². The number of hydrogen-bond acceptors (Lipinski definition) is 3. The van der Waals surface area contributed by atoms with Gasteiger partial charge in [0.05, 0.1) is 9.92 Å². The molecule has 3 rings (SSSR count). The first-order chi connectivity index (χ1) is 11.5. The molecule has 1 atom stereocenters. The van der Waals surface area contributed by atoms with Crippen LogP contribution in [0.25, 0.3) is 0 Å². The summed E-state index contributed by atoms with van der Waals surface area (Å²) in [4.78, 5) is 2.18. The summed E-state index contributed by atoms with van der Waals surface area (Å²) in [6.45, 7) is 1.20. The zero-order valence-electron chi connectivity index (χ0n) is 13.0. The van der Waals surface area contributed by atoms with Gasteiger partial charge in [-0.2, -0.15) is 0 Å². The van der Waals surface area contributed by atoms with Crippen LogP contribution in [0.5, 0.6) is 0 Å². The van der Waals surface area contributed by atoms with E-state index in [0.717, 1.165) is 37.2 Å². The van der Waals surface area contributed by atoms with Gasteiger partial charge in [-0.15, -0.1) is 0 Å². The standard InChI is InChI=1S/C17H18ClFN2O2S/c18-16-11-15(8-9-17(16)19)24(22,23)20-12-14-7-4-10-21(14)13-5-2-1-3-6-13/h1-3,5-6,8-9,11,14,20H,4,7,10,12H2. The van der Waals surface area contributed by atoms with Crippen LogP contribution in [0.4, 0.5) is 10.1 Å². The molecule has 1 unspecified atom stereocenters. The van der Waals surface area contributed by atoms with Crippen molar-refractivity contribution in [2.45, 2.75) is 23.8 Å². The van der Waals surface area contributed by atoms with E-state index >= 15 is 0 Å². The van der Waals surface area contributed by atoms with E-state index in [4.69, 9.17) is 11.6 Å². The molecule has 7 heteroatoms. The predicted molar refractivity (Wildman–Crippen MR) is 93.4 cm³/mol. The van der Waals surface area contributed by atoms with E-state index in [1.165, 1.54) is 6.07 Å². The molecule has 0 aromatic heterocycles. The van der Waals surface area contributed by atoms with E-state index < -0.39 is 15.8 Å². The Kier molecular flexibility index (Phi) is 5.08. The van der Waals surface area contributed by atoms with Gasteiger partial charge >= 0.3 is 0 Å². The molecule has 4 nitrogen and oxygen atoms in total. The second-order valence-electron chi connectivity index (χ2n) is 5.75. The van der Waals surface area contributed by atoms with Crippen LogP contribution in [0.3, 0.4) is 0 Å². The SMILES string of the molecule is O=S(=O)(NCC1CCCN1c1ccccc1)c1ccc(F)c(Cl)c1. The van der Waals surface area contributed by atoms with Gasteiger partial charge in [0.15, 0.2) is 0 Å². The summed E-state index contributed by atoms with van der Waals surface area (Å²) in [5.74, 6) is -0.637. The predicted octanol–water partition coefficient (Wildman–Crippen LogP) is 3.43. The van der Waals surface area contributed by atoms with Crippen LogP contribution in [-0.2, 0) is 10.0 Å². The zero-order chi connectivity index (χ0) is 17.2. The maximum atomic E-state index is 13.2. The summed E-state index contributed by atoms with van der Waals surface area (Å²) in [6.07, 6.45) is 1.94. The fourth-order valence-corrected chi connectivity index (χ4v) is 4.28. The molecule has 24 heavy (non-hydrogen) atoms. The zero-order valence-corrected chi connectivity index (χ0v) is 14.5. The molecule has 0 amide bonds. The average molecular weight is 369 g/mol. The van der Waals surface area contributed by atoms with E-state index in [9.17, 15) is 12.8 Å². The van der Waals surface area contributed by atoms with Crippen LogP contribution in [0.15, 0.2) is 53.4 Å². The molecule has 1 N–H and O–H groups in total. The fourth-order valence-electron chi connectivity index (χ4n) is 2.94. The van der Waals surface area contributed by atoms with Crippen LogP contribution >= 0.6 is 11.6 Å². The molecule has 1 heterocycles. The summed E-state index contributed by atoms with van der Waals surface area (Å²) < 4.78 is 40.6. The maximum Gasteiger partial charge on any atom is 0.240 e. The Labute approximate surface area is 146 Å². The third-order valence-corrected chi connectivity index (χ3v) is 5.89. The van der Waals surface area contributed by atoms with Crippen LogP contribution in [0.2, 0.25) is 5.02 Å². The molecule has 1 fully saturated rings. The largest absolute Gasteiger partial charge is 0.367 e. The Hall–Kier alpha value is -1.63. The first-order valence-electron chi connectivity index (χ1n) is 7.74. The highest BCUT2D eigenvalue weighted by atomic mass is 35.5. The normalized spacial score (nSPS) is 18.1. The fraction of sp³-hybridized carbons (Fsp3) is 0.294. The number of nitrogens with one attached hydrogen (secondary N) is 1. The smallest absolute Gasteiger partial charge is 0.240 e. The van der Waals surface area contributed by atoms with Gasteiger partial charge in [-0.25, -0.2) is 17.5 Å². The lowest BCUT2D eigenvalue weighted by atomic mass is 10.2. The van der Waals surface area contributed by atoms with Crippen molar-refractivity contribution >= 4 is 27.3 Å². The minimum absolute atomic E-state index is 0.0295. The number of hydrogen-bond donors (Lipinski definition) is 1. The number of sulfonamides is 1. The van der Waals surface area contributed by atoms with Gasteiger partial charge in [0.2, 0.25) is 10.0 Å². The topological polar surface area (TPSA) is 49.4 Å². The quantitative estimate of drug-likeness (QED) is 0.879. The van der Waals surface area contributed by atoms with Crippen LogP contribution in [0, 0.1) is 5.82 Å². The Morgan fingerprint density at radius 1 is 1.21 bits per heavy atom. The van der Waals surface area contributed by atoms with Crippen molar-refractivity contribution in [3.05, 3.63) is 59.4 Å². The van der Waals surface area contributed by atoms with Gasteiger partial charge in [0.1, 0.15) is 5.82 Å². The molecule has 0 bridgehead atoms. The number of anilines is 1. The number of halogens is 2. The molecule has 128 valence electrons. The number of nitrogens with zero attached hydrogens (tertiary/aromatic N) is 1. The van der Waals surface area contributed by atoms with Crippen LogP contribution in [-0.4, -0.2) is 27.5 Å². The minimum atomic E-state index is -3.72. The molecule has 0 saturated carbocycles. The molecule has 0 aliphatic carbocycles. The summed E-state index contributed by atoms with van der Waals surface area (Å²) >= 11 is 5.67. The molecule has 1 saturated heterocycles. The average Bonchev–Trinajstić information content (AvgIpc) is 3.05. The second kappa shape index (κ2) is 7.09. The van der Waals surface area contributed by atoms with Gasteiger partial charge in [-0.1, -0.05) is 29.8 Å². The highest BCUT2D eigenvalue weighted by Gasteiger charge is 2.26. The van der Waals surface area contributed by atoms with Crippen molar-refractivity contribution in [3.8, 4) is 0 Å². The Bertz CT molecular complexity index is 815. The first-order valence-corrected chi connectivity index (χ1v) is 9.60. The minimum Gasteiger partial charge on any atom is -0.367 e. The molecular formula is C17H18ClFN2O2S. The molecule has 2 aromatic carbocycles. The summed E-state index contributed by atoms with van der Waals surface area (Å²) in [5, 5.41) is -0.204. The maximum absolute atomic E-state index is 13.2. The highest BCUT2D eigenvalue weighted by Crippen LogP contribution is 2.25. The van der Waals surface area contributed by atoms with Crippen molar-refractivity contribution < 1.29 is 12.8 Å². The number of rotatable bonds is 5. The van der Waals surface area contributed by atoms with Gasteiger partial charge in [0.25, 0.3) is 0 Å². The molecule has 0 spiro atoms. The van der Waals surface area contributed by atoms with Crippen molar-refractivity contribution in [2.24, 2.45) is 0 Å². The molecule has 0 radical (unpaired) electrons. The molecule has 1 aliphatic rings. The molecular weight excluding hydrogens is 351 g/mol. The number of benzene rings is 2. The third-order valence-electron chi connectivity index (χ3n) is 4.18. The van der Waals surface area contributed by atoms with E-state index in [0.29, 0.717) is 6.54 Å². The van der Waals surface area contributed by atoms with Gasteiger partial charge in [0, 0.05) is 24.8 Å². The van der Waals surface area contributed by atoms with E-state index in [1.807, 2.05) is 30.3 Å². The lowest BCUT2D eigenvalue weighted by Gasteiger charge is -2.27. The Morgan fingerprint density at radius 3 is 2.67 bits per heavy atom. The second-order valence-corrected chi connectivity index (χ2v) is 7.93. The Balaban J connectivity index is 1.71. The highest BCUT2D eigenvalue weighted by molar-refractivity contribution is 7.89. The molecule has 2 aromatic rings. The van der Waals surface area contributed by atoms with Gasteiger partial charge < -0.3 is 4.90 Å². The Morgan fingerprint density at radius 2 is 1.96 bits per heavy atom. The van der Waals surface area contributed by atoms with E-state index in [2.05, 4.69) is 9.62 Å². The number of para-hydroxylation sites is 1. The summed E-state index contributed by atoms with van der Waals surface area (Å²) in [7, 11) is -3.72. The van der Waals surface area contributed by atoms with Crippen molar-refractivity contribution in [2.75, 3.05) is 18.0 Å². The lowest BCUT2D eigenvalue weighted by molar-refractivity contribution is 0.566. The monoisotopic (exact) mass is 368 g/mol.